The van der Waals surface area contributed by atoms with Crippen molar-refractivity contribution < 1.29 is 4.39 Å². The Balaban J connectivity index is 0.00000144. The van der Waals surface area contributed by atoms with E-state index in [0.29, 0.717) is 5.02 Å². The number of hydrogen-bond acceptors (Lipinski definition) is 2. The van der Waals surface area contributed by atoms with Crippen molar-refractivity contribution in [2.75, 3.05) is 0 Å². The van der Waals surface area contributed by atoms with Crippen LogP contribution in [0, 0.1) is 5.82 Å². The molecule has 1 atom stereocenters. The standard InChI is InChI=1S/C11H8Cl2FNS.ClH/c12-6-3-4-7(14)9(10(6)13)11(15)8-2-1-5-16-8;/h1-5,11H,15H2;1H/t11-;/m1./s1. The van der Waals surface area contributed by atoms with Crippen LogP contribution in [0.3, 0.4) is 0 Å². The molecule has 2 aromatic rings. The van der Waals surface area contributed by atoms with E-state index in [1.165, 1.54) is 23.5 Å². The molecule has 0 saturated heterocycles. The Morgan fingerprint density at radius 3 is 2.53 bits per heavy atom. The van der Waals surface area contributed by atoms with Crippen LogP contribution in [0.4, 0.5) is 4.39 Å². The molecule has 0 amide bonds. The van der Waals surface area contributed by atoms with E-state index in [2.05, 4.69) is 0 Å². The molecule has 2 rings (SSSR count). The minimum absolute atomic E-state index is 0. The van der Waals surface area contributed by atoms with Crippen LogP contribution in [-0.2, 0) is 0 Å². The van der Waals surface area contributed by atoms with E-state index < -0.39 is 11.9 Å². The molecule has 1 nitrogen and oxygen atoms in total. The predicted molar refractivity (Wildman–Crippen MR) is 74.0 cm³/mol. The Morgan fingerprint density at radius 1 is 1.24 bits per heavy atom. The molecule has 0 bridgehead atoms. The maximum absolute atomic E-state index is 13.7. The molecular formula is C11H9Cl3FNS. The Hall–Kier alpha value is -0.320. The maximum atomic E-state index is 13.7. The van der Waals surface area contributed by atoms with Gasteiger partial charge in [0.1, 0.15) is 5.82 Å². The lowest BCUT2D eigenvalue weighted by molar-refractivity contribution is 0.601. The van der Waals surface area contributed by atoms with Gasteiger partial charge in [-0.25, -0.2) is 4.39 Å². The Labute approximate surface area is 119 Å². The van der Waals surface area contributed by atoms with Gasteiger partial charge in [0.05, 0.1) is 16.1 Å². The summed E-state index contributed by atoms with van der Waals surface area (Å²) in [6.45, 7) is 0. The van der Waals surface area contributed by atoms with Crippen LogP contribution in [-0.4, -0.2) is 0 Å². The summed E-state index contributed by atoms with van der Waals surface area (Å²) in [5.41, 5.74) is 6.21. The lowest BCUT2D eigenvalue weighted by Crippen LogP contribution is -2.13. The normalized spacial score (nSPS) is 12.0. The number of hydrogen-bond donors (Lipinski definition) is 1. The van der Waals surface area contributed by atoms with Crippen molar-refractivity contribution in [2.45, 2.75) is 6.04 Å². The van der Waals surface area contributed by atoms with Gasteiger partial charge in [-0.3, -0.25) is 0 Å². The first-order chi connectivity index (χ1) is 7.61. The van der Waals surface area contributed by atoms with Crippen molar-refractivity contribution in [3.05, 3.63) is 55.9 Å². The van der Waals surface area contributed by atoms with Crippen LogP contribution in [0.5, 0.6) is 0 Å². The van der Waals surface area contributed by atoms with Crippen LogP contribution in [0.2, 0.25) is 10.0 Å². The fourth-order valence-electron chi connectivity index (χ4n) is 1.44. The van der Waals surface area contributed by atoms with Gasteiger partial charge in [0.15, 0.2) is 0 Å². The molecule has 1 aromatic carbocycles. The molecule has 17 heavy (non-hydrogen) atoms. The highest BCUT2D eigenvalue weighted by atomic mass is 35.5. The van der Waals surface area contributed by atoms with Crippen LogP contribution >= 0.6 is 46.9 Å². The number of benzene rings is 1. The van der Waals surface area contributed by atoms with Crippen molar-refractivity contribution in [3.63, 3.8) is 0 Å². The quantitative estimate of drug-likeness (QED) is 0.802. The summed E-state index contributed by atoms with van der Waals surface area (Å²) in [7, 11) is 0. The van der Waals surface area contributed by atoms with E-state index in [1.807, 2.05) is 17.5 Å². The monoisotopic (exact) mass is 311 g/mol. The molecule has 1 heterocycles. The first-order valence-electron chi connectivity index (χ1n) is 4.53. The Bertz CT molecular complexity index is 502. The fourth-order valence-corrected chi connectivity index (χ4v) is 2.61. The van der Waals surface area contributed by atoms with Crippen LogP contribution in [0.15, 0.2) is 29.6 Å². The average Bonchev–Trinajstić information content (AvgIpc) is 2.77. The van der Waals surface area contributed by atoms with Crippen LogP contribution in [0.1, 0.15) is 16.5 Å². The largest absolute Gasteiger partial charge is 0.319 e. The smallest absolute Gasteiger partial charge is 0.129 e. The van der Waals surface area contributed by atoms with Gasteiger partial charge in [0.2, 0.25) is 0 Å². The van der Waals surface area contributed by atoms with E-state index in [9.17, 15) is 4.39 Å². The molecule has 0 radical (unpaired) electrons. The molecule has 6 heteroatoms. The van der Waals surface area contributed by atoms with E-state index in [-0.39, 0.29) is 23.0 Å². The molecule has 2 N–H and O–H groups in total. The summed E-state index contributed by atoms with van der Waals surface area (Å²) in [6.07, 6.45) is 0. The average molecular weight is 313 g/mol. The summed E-state index contributed by atoms with van der Waals surface area (Å²) in [4.78, 5) is 0.850. The third-order valence-corrected chi connectivity index (χ3v) is 4.01. The van der Waals surface area contributed by atoms with E-state index >= 15 is 0 Å². The summed E-state index contributed by atoms with van der Waals surface area (Å²) in [5, 5.41) is 2.37. The van der Waals surface area contributed by atoms with Gasteiger partial charge in [-0.1, -0.05) is 29.3 Å². The number of rotatable bonds is 2. The first-order valence-corrected chi connectivity index (χ1v) is 6.17. The van der Waals surface area contributed by atoms with Gasteiger partial charge in [-0.15, -0.1) is 23.7 Å². The van der Waals surface area contributed by atoms with Crippen LogP contribution in [0.25, 0.3) is 0 Å². The number of thiophene rings is 1. The highest BCUT2D eigenvalue weighted by Gasteiger charge is 2.19. The lowest BCUT2D eigenvalue weighted by atomic mass is 10.1. The van der Waals surface area contributed by atoms with Crippen molar-refractivity contribution in [1.29, 1.82) is 0 Å². The van der Waals surface area contributed by atoms with Gasteiger partial charge < -0.3 is 5.73 Å². The van der Waals surface area contributed by atoms with Crippen molar-refractivity contribution in [3.8, 4) is 0 Å². The third kappa shape index (κ3) is 2.92. The molecule has 0 unspecified atom stereocenters. The zero-order valence-electron chi connectivity index (χ0n) is 8.49. The lowest BCUT2D eigenvalue weighted by Gasteiger charge is -2.13. The predicted octanol–water partition coefficient (Wildman–Crippen LogP) is 4.66. The second-order valence-electron chi connectivity index (χ2n) is 3.25. The highest BCUT2D eigenvalue weighted by molar-refractivity contribution is 7.10. The molecule has 0 aliphatic carbocycles. The minimum atomic E-state index is -0.578. The molecule has 0 saturated carbocycles. The third-order valence-electron chi connectivity index (χ3n) is 2.24. The maximum Gasteiger partial charge on any atom is 0.129 e. The second-order valence-corrected chi connectivity index (χ2v) is 5.01. The van der Waals surface area contributed by atoms with Gasteiger partial charge >= 0.3 is 0 Å². The fraction of sp³-hybridized carbons (Fsp3) is 0.0909. The van der Waals surface area contributed by atoms with E-state index in [0.717, 1.165) is 4.88 Å². The molecular weight excluding hydrogens is 304 g/mol. The highest BCUT2D eigenvalue weighted by Crippen LogP contribution is 2.35. The van der Waals surface area contributed by atoms with Crippen molar-refractivity contribution >= 4 is 46.9 Å². The van der Waals surface area contributed by atoms with Gasteiger partial charge in [0, 0.05) is 10.4 Å². The summed E-state index contributed by atoms with van der Waals surface area (Å²) >= 11 is 13.3. The van der Waals surface area contributed by atoms with E-state index in [4.69, 9.17) is 28.9 Å². The Morgan fingerprint density at radius 2 is 1.94 bits per heavy atom. The summed E-state index contributed by atoms with van der Waals surface area (Å²) in [5.74, 6) is -0.435. The number of halogens is 4. The molecule has 0 aliphatic rings. The molecule has 0 fully saturated rings. The molecule has 92 valence electrons. The zero-order valence-corrected chi connectivity index (χ0v) is 11.6. The topological polar surface area (TPSA) is 26.0 Å². The second kappa shape index (κ2) is 6.03. The molecule has 1 aromatic heterocycles. The van der Waals surface area contributed by atoms with Gasteiger partial charge in [-0.2, -0.15) is 0 Å². The Kier molecular flexibility index (Phi) is 5.22. The van der Waals surface area contributed by atoms with Crippen LogP contribution < -0.4 is 5.73 Å². The summed E-state index contributed by atoms with van der Waals surface area (Å²) in [6, 6.07) is 5.81. The molecule has 0 aliphatic heterocycles. The van der Waals surface area contributed by atoms with Crippen molar-refractivity contribution in [1.82, 2.24) is 0 Å². The SMILES string of the molecule is Cl.N[C@H](c1cccs1)c1c(F)ccc(Cl)c1Cl. The van der Waals surface area contributed by atoms with Gasteiger partial charge in [0.25, 0.3) is 0 Å². The minimum Gasteiger partial charge on any atom is -0.319 e. The zero-order chi connectivity index (χ0) is 11.7. The first kappa shape index (κ1) is 14.7. The number of nitrogens with two attached hydrogens (primary N) is 1. The molecule has 0 spiro atoms. The van der Waals surface area contributed by atoms with Crippen molar-refractivity contribution in [2.24, 2.45) is 5.73 Å². The van der Waals surface area contributed by atoms with E-state index in [1.54, 1.807) is 0 Å². The summed E-state index contributed by atoms with van der Waals surface area (Å²) < 4.78 is 13.7. The van der Waals surface area contributed by atoms with Gasteiger partial charge in [-0.05, 0) is 23.6 Å².